The maximum absolute atomic E-state index is 12.2. The van der Waals surface area contributed by atoms with Gasteiger partial charge in [0, 0.05) is 17.2 Å². The standard InChI is InChI=1S/C16H18BrN3O/c1-3-18-15-9-6-13(10-19-15)16(21)20-11(2)12-4-7-14(17)8-5-12/h4-11H,3H2,1-2H3,(H,18,19)(H,20,21). The molecule has 0 aliphatic rings. The number of hydrogen-bond acceptors (Lipinski definition) is 3. The van der Waals surface area contributed by atoms with Crippen LogP contribution in [0.5, 0.6) is 0 Å². The highest BCUT2D eigenvalue weighted by Crippen LogP contribution is 2.17. The lowest BCUT2D eigenvalue weighted by atomic mass is 10.1. The molecule has 1 aromatic carbocycles. The zero-order valence-corrected chi connectivity index (χ0v) is 13.6. The Morgan fingerprint density at radius 3 is 2.52 bits per heavy atom. The number of carbonyl (C=O) groups excluding carboxylic acids is 1. The molecule has 21 heavy (non-hydrogen) atoms. The maximum atomic E-state index is 12.2. The number of carbonyl (C=O) groups is 1. The number of benzene rings is 1. The Labute approximate surface area is 133 Å². The van der Waals surface area contributed by atoms with Gasteiger partial charge in [0.1, 0.15) is 5.82 Å². The van der Waals surface area contributed by atoms with E-state index in [0.717, 1.165) is 22.4 Å². The van der Waals surface area contributed by atoms with Crippen molar-refractivity contribution >= 4 is 27.7 Å². The average molecular weight is 348 g/mol. The molecule has 2 rings (SSSR count). The van der Waals surface area contributed by atoms with Crippen molar-refractivity contribution in [1.82, 2.24) is 10.3 Å². The molecule has 0 spiro atoms. The molecule has 0 aliphatic carbocycles. The Hall–Kier alpha value is -1.88. The fourth-order valence-corrected chi connectivity index (χ4v) is 2.19. The van der Waals surface area contributed by atoms with E-state index in [0.29, 0.717) is 5.56 Å². The number of amides is 1. The minimum atomic E-state index is -0.124. The number of anilines is 1. The van der Waals surface area contributed by atoms with E-state index in [1.54, 1.807) is 12.3 Å². The second-order valence-electron chi connectivity index (χ2n) is 4.71. The summed E-state index contributed by atoms with van der Waals surface area (Å²) in [6, 6.07) is 11.4. The lowest BCUT2D eigenvalue weighted by molar-refractivity contribution is 0.0939. The van der Waals surface area contributed by atoms with E-state index in [1.807, 2.05) is 44.2 Å². The van der Waals surface area contributed by atoms with Crippen molar-refractivity contribution in [2.45, 2.75) is 19.9 Å². The predicted molar refractivity (Wildman–Crippen MR) is 88.4 cm³/mol. The molecule has 2 N–H and O–H groups in total. The molecule has 0 fully saturated rings. The van der Waals surface area contributed by atoms with E-state index >= 15 is 0 Å². The Morgan fingerprint density at radius 1 is 1.24 bits per heavy atom. The van der Waals surface area contributed by atoms with Gasteiger partial charge in [0.15, 0.2) is 0 Å². The summed E-state index contributed by atoms with van der Waals surface area (Å²) >= 11 is 3.40. The van der Waals surface area contributed by atoms with Gasteiger partial charge in [-0.1, -0.05) is 28.1 Å². The number of halogens is 1. The molecule has 0 bridgehead atoms. The fraction of sp³-hybridized carbons (Fsp3) is 0.250. The highest BCUT2D eigenvalue weighted by molar-refractivity contribution is 9.10. The van der Waals surface area contributed by atoms with E-state index in [1.165, 1.54) is 0 Å². The summed E-state index contributed by atoms with van der Waals surface area (Å²) in [5.41, 5.74) is 1.62. The molecule has 1 unspecified atom stereocenters. The van der Waals surface area contributed by atoms with Gasteiger partial charge in [-0.05, 0) is 43.7 Å². The van der Waals surface area contributed by atoms with Crippen molar-refractivity contribution in [3.05, 3.63) is 58.2 Å². The van der Waals surface area contributed by atoms with Gasteiger partial charge in [-0.25, -0.2) is 4.98 Å². The SMILES string of the molecule is CCNc1ccc(C(=O)NC(C)c2ccc(Br)cc2)cn1. The van der Waals surface area contributed by atoms with Crippen molar-refractivity contribution in [3.8, 4) is 0 Å². The number of hydrogen-bond donors (Lipinski definition) is 2. The molecular formula is C16H18BrN3O. The Bertz CT molecular complexity index is 596. The fourth-order valence-electron chi connectivity index (χ4n) is 1.93. The first-order chi connectivity index (χ1) is 10.1. The van der Waals surface area contributed by atoms with Crippen LogP contribution in [-0.4, -0.2) is 17.4 Å². The van der Waals surface area contributed by atoms with Gasteiger partial charge in [-0.2, -0.15) is 0 Å². The van der Waals surface area contributed by atoms with Gasteiger partial charge in [0.2, 0.25) is 0 Å². The summed E-state index contributed by atoms with van der Waals surface area (Å²) in [7, 11) is 0. The third-order valence-electron chi connectivity index (χ3n) is 3.10. The zero-order chi connectivity index (χ0) is 15.2. The third-order valence-corrected chi connectivity index (χ3v) is 3.63. The molecule has 110 valence electrons. The molecule has 4 nitrogen and oxygen atoms in total. The molecule has 2 aromatic rings. The molecule has 1 amide bonds. The van der Waals surface area contributed by atoms with Crippen molar-refractivity contribution < 1.29 is 4.79 Å². The first kappa shape index (κ1) is 15.5. The summed E-state index contributed by atoms with van der Waals surface area (Å²) in [4.78, 5) is 16.4. The normalized spacial score (nSPS) is 11.8. The lowest BCUT2D eigenvalue weighted by Crippen LogP contribution is -2.26. The monoisotopic (exact) mass is 347 g/mol. The highest BCUT2D eigenvalue weighted by atomic mass is 79.9. The van der Waals surface area contributed by atoms with Gasteiger partial charge < -0.3 is 10.6 Å². The average Bonchev–Trinajstić information content (AvgIpc) is 2.49. The Kier molecular flexibility index (Phi) is 5.33. The van der Waals surface area contributed by atoms with Gasteiger partial charge in [-0.15, -0.1) is 0 Å². The van der Waals surface area contributed by atoms with Crippen LogP contribution in [0.3, 0.4) is 0 Å². The summed E-state index contributed by atoms with van der Waals surface area (Å²) in [5, 5.41) is 6.07. The van der Waals surface area contributed by atoms with Crippen molar-refractivity contribution in [2.75, 3.05) is 11.9 Å². The van der Waals surface area contributed by atoms with Gasteiger partial charge in [0.25, 0.3) is 5.91 Å². The second kappa shape index (κ2) is 7.22. The largest absolute Gasteiger partial charge is 0.370 e. The van der Waals surface area contributed by atoms with E-state index in [9.17, 15) is 4.79 Å². The van der Waals surface area contributed by atoms with E-state index in [4.69, 9.17) is 0 Å². The minimum absolute atomic E-state index is 0.0564. The smallest absolute Gasteiger partial charge is 0.253 e. The Balaban J connectivity index is 2.01. The van der Waals surface area contributed by atoms with Crippen LogP contribution in [0.15, 0.2) is 47.1 Å². The van der Waals surface area contributed by atoms with Crippen LogP contribution in [-0.2, 0) is 0 Å². The van der Waals surface area contributed by atoms with Gasteiger partial charge >= 0.3 is 0 Å². The van der Waals surface area contributed by atoms with E-state index in [2.05, 4.69) is 31.5 Å². The molecule has 5 heteroatoms. The molecule has 1 aromatic heterocycles. The van der Waals surface area contributed by atoms with Crippen LogP contribution in [0.1, 0.15) is 35.8 Å². The summed E-state index contributed by atoms with van der Waals surface area (Å²) in [6.45, 7) is 4.77. The van der Waals surface area contributed by atoms with Crippen molar-refractivity contribution in [3.63, 3.8) is 0 Å². The summed E-state index contributed by atoms with van der Waals surface area (Å²) in [6.07, 6.45) is 1.58. The van der Waals surface area contributed by atoms with E-state index in [-0.39, 0.29) is 11.9 Å². The first-order valence-electron chi connectivity index (χ1n) is 6.86. The third kappa shape index (κ3) is 4.29. The predicted octanol–water partition coefficient (Wildman–Crippen LogP) is 3.77. The second-order valence-corrected chi connectivity index (χ2v) is 5.62. The maximum Gasteiger partial charge on any atom is 0.253 e. The van der Waals surface area contributed by atoms with Gasteiger partial charge in [0.05, 0.1) is 11.6 Å². The molecule has 1 heterocycles. The summed E-state index contributed by atoms with van der Waals surface area (Å²) < 4.78 is 1.02. The van der Waals surface area contributed by atoms with Crippen LogP contribution < -0.4 is 10.6 Å². The summed E-state index contributed by atoms with van der Waals surface area (Å²) in [5.74, 6) is 0.649. The molecule has 0 aliphatic heterocycles. The Morgan fingerprint density at radius 2 is 1.95 bits per heavy atom. The van der Waals surface area contributed by atoms with Crippen LogP contribution in [0.2, 0.25) is 0 Å². The number of pyridine rings is 1. The van der Waals surface area contributed by atoms with Crippen molar-refractivity contribution in [1.29, 1.82) is 0 Å². The van der Waals surface area contributed by atoms with Gasteiger partial charge in [-0.3, -0.25) is 4.79 Å². The molecule has 0 saturated carbocycles. The molecule has 0 radical (unpaired) electrons. The molecule has 1 atom stereocenters. The molecular weight excluding hydrogens is 330 g/mol. The first-order valence-corrected chi connectivity index (χ1v) is 7.65. The number of rotatable bonds is 5. The number of nitrogens with one attached hydrogen (secondary N) is 2. The lowest BCUT2D eigenvalue weighted by Gasteiger charge is -2.14. The van der Waals surface area contributed by atoms with Crippen LogP contribution in [0.4, 0.5) is 5.82 Å². The van der Waals surface area contributed by atoms with Crippen LogP contribution >= 0.6 is 15.9 Å². The quantitative estimate of drug-likeness (QED) is 0.865. The van der Waals surface area contributed by atoms with Crippen LogP contribution in [0, 0.1) is 0 Å². The van der Waals surface area contributed by atoms with E-state index < -0.39 is 0 Å². The number of nitrogens with zero attached hydrogens (tertiary/aromatic N) is 1. The molecule has 0 saturated heterocycles. The van der Waals surface area contributed by atoms with Crippen molar-refractivity contribution in [2.24, 2.45) is 0 Å². The minimum Gasteiger partial charge on any atom is -0.370 e. The van der Waals surface area contributed by atoms with Crippen LogP contribution in [0.25, 0.3) is 0 Å². The topological polar surface area (TPSA) is 54.0 Å². The number of aromatic nitrogens is 1. The zero-order valence-electron chi connectivity index (χ0n) is 12.1. The highest BCUT2D eigenvalue weighted by Gasteiger charge is 2.11.